The highest BCUT2D eigenvalue weighted by atomic mass is 16.5. The summed E-state index contributed by atoms with van der Waals surface area (Å²) in [5.74, 6) is 1.41. The molecule has 0 aliphatic carbocycles. The van der Waals surface area contributed by atoms with Gasteiger partial charge in [-0.2, -0.15) is 0 Å². The zero-order valence-corrected chi connectivity index (χ0v) is 12.9. The molecule has 2 heteroatoms. The van der Waals surface area contributed by atoms with Crippen LogP contribution in [0.5, 0.6) is 0 Å². The lowest BCUT2D eigenvalue weighted by molar-refractivity contribution is 0.110. The Kier molecular flexibility index (Phi) is 7.76. The van der Waals surface area contributed by atoms with Crippen LogP contribution in [0.4, 0.5) is 0 Å². The minimum atomic E-state index is 0.697. The highest BCUT2D eigenvalue weighted by Crippen LogP contribution is 2.08. The molecule has 0 aliphatic rings. The Bertz CT molecular complexity index is 347. The van der Waals surface area contributed by atoms with Crippen molar-refractivity contribution in [1.82, 2.24) is 5.32 Å². The van der Waals surface area contributed by atoms with Gasteiger partial charge in [0.05, 0.1) is 6.61 Å². The Morgan fingerprint density at radius 1 is 1.05 bits per heavy atom. The molecule has 0 bridgehead atoms. The predicted molar refractivity (Wildman–Crippen MR) is 82.1 cm³/mol. The van der Waals surface area contributed by atoms with E-state index < -0.39 is 0 Å². The lowest BCUT2D eigenvalue weighted by Crippen LogP contribution is -2.18. The Labute approximate surface area is 118 Å². The Hall–Kier alpha value is -0.860. The molecule has 1 rings (SSSR count). The van der Waals surface area contributed by atoms with Gasteiger partial charge >= 0.3 is 0 Å². The summed E-state index contributed by atoms with van der Waals surface area (Å²) in [4.78, 5) is 0. The molecule has 0 aliphatic heterocycles. The summed E-state index contributed by atoms with van der Waals surface area (Å²) in [5.41, 5.74) is 2.61. The van der Waals surface area contributed by atoms with Gasteiger partial charge in [0.25, 0.3) is 0 Å². The van der Waals surface area contributed by atoms with Gasteiger partial charge in [0.1, 0.15) is 0 Å². The van der Waals surface area contributed by atoms with Crippen LogP contribution in [0.25, 0.3) is 0 Å². The van der Waals surface area contributed by atoms with E-state index in [9.17, 15) is 0 Å². The second-order valence-corrected chi connectivity index (χ2v) is 6.08. The smallest absolute Gasteiger partial charge is 0.0716 e. The molecule has 0 amide bonds. The molecule has 1 aromatic carbocycles. The maximum atomic E-state index is 5.71. The fourth-order valence-electron chi connectivity index (χ4n) is 1.84. The van der Waals surface area contributed by atoms with Gasteiger partial charge in [0.15, 0.2) is 0 Å². The summed E-state index contributed by atoms with van der Waals surface area (Å²) in [6.45, 7) is 12.5. The summed E-state index contributed by atoms with van der Waals surface area (Å²) in [7, 11) is 0. The van der Waals surface area contributed by atoms with E-state index in [1.807, 2.05) is 0 Å². The summed E-state index contributed by atoms with van der Waals surface area (Å²) < 4.78 is 5.71. The molecule has 0 unspecified atom stereocenters. The van der Waals surface area contributed by atoms with Crippen LogP contribution in [-0.4, -0.2) is 13.2 Å². The summed E-state index contributed by atoms with van der Waals surface area (Å²) in [5, 5.41) is 3.47. The van der Waals surface area contributed by atoms with Crippen molar-refractivity contribution >= 4 is 0 Å². The number of nitrogens with one attached hydrogen (secondary N) is 1. The van der Waals surface area contributed by atoms with Crippen molar-refractivity contribution in [3.63, 3.8) is 0 Å². The van der Waals surface area contributed by atoms with E-state index in [-0.39, 0.29) is 0 Å². The van der Waals surface area contributed by atoms with E-state index >= 15 is 0 Å². The topological polar surface area (TPSA) is 21.3 Å². The molecule has 1 N–H and O–H groups in total. The van der Waals surface area contributed by atoms with Crippen molar-refractivity contribution in [3.05, 3.63) is 35.4 Å². The first-order valence-electron chi connectivity index (χ1n) is 7.44. The molecule has 0 saturated heterocycles. The third-order valence-corrected chi connectivity index (χ3v) is 2.98. The van der Waals surface area contributed by atoms with E-state index in [2.05, 4.69) is 57.3 Å². The van der Waals surface area contributed by atoms with Crippen LogP contribution in [0.15, 0.2) is 24.3 Å². The molecule has 0 heterocycles. The second-order valence-electron chi connectivity index (χ2n) is 6.08. The lowest BCUT2D eigenvalue weighted by atomic mass is 10.1. The average molecular weight is 263 g/mol. The van der Waals surface area contributed by atoms with Crippen LogP contribution < -0.4 is 5.32 Å². The summed E-state index contributed by atoms with van der Waals surface area (Å²) in [6, 6.07) is 8.67. The van der Waals surface area contributed by atoms with Crippen molar-refractivity contribution in [2.75, 3.05) is 13.2 Å². The Morgan fingerprint density at radius 2 is 1.79 bits per heavy atom. The van der Waals surface area contributed by atoms with Crippen LogP contribution in [0, 0.1) is 11.8 Å². The van der Waals surface area contributed by atoms with Crippen molar-refractivity contribution in [2.45, 2.75) is 47.3 Å². The fraction of sp³-hybridized carbons (Fsp3) is 0.647. The fourth-order valence-corrected chi connectivity index (χ4v) is 1.84. The summed E-state index contributed by atoms with van der Waals surface area (Å²) in [6.07, 6.45) is 1.13. The van der Waals surface area contributed by atoms with Crippen LogP contribution in [-0.2, 0) is 17.9 Å². The summed E-state index contributed by atoms with van der Waals surface area (Å²) >= 11 is 0. The number of benzene rings is 1. The first-order valence-corrected chi connectivity index (χ1v) is 7.44. The highest BCUT2D eigenvalue weighted by molar-refractivity contribution is 5.22. The molecule has 108 valence electrons. The lowest BCUT2D eigenvalue weighted by Gasteiger charge is -2.10. The van der Waals surface area contributed by atoms with Crippen LogP contribution in [0.3, 0.4) is 0 Å². The van der Waals surface area contributed by atoms with Crippen molar-refractivity contribution in [2.24, 2.45) is 11.8 Å². The minimum Gasteiger partial charge on any atom is -0.377 e. The van der Waals surface area contributed by atoms with Gasteiger partial charge in [0.2, 0.25) is 0 Å². The first-order chi connectivity index (χ1) is 9.08. The van der Waals surface area contributed by atoms with Gasteiger partial charge in [-0.25, -0.2) is 0 Å². The molecule has 0 saturated carbocycles. The van der Waals surface area contributed by atoms with Crippen molar-refractivity contribution in [3.8, 4) is 0 Å². The molecule has 0 atom stereocenters. The molecule has 0 aromatic heterocycles. The standard InChI is InChI=1S/C17H29NO/c1-14(2)8-9-19-13-17-7-5-6-16(10-17)12-18-11-15(3)4/h5-7,10,14-15,18H,8-9,11-13H2,1-4H3. The SMILES string of the molecule is CC(C)CCOCc1cccc(CNCC(C)C)c1. The molecule has 2 nitrogen and oxygen atoms in total. The quantitative estimate of drug-likeness (QED) is 0.680. The zero-order valence-electron chi connectivity index (χ0n) is 12.9. The van der Waals surface area contributed by atoms with E-state index in [4.69, 9.17) is 4.74 Å². The molecule has 0 fully saturated rings. The largest absolute Gasteiger partial charge is 0.377 e. The molecular formula is C17H29NO. The highest BCUT2D eigenvalue weighted by Gasteiger charge is 1.99. The van der Waals surface area contributed by atoms with Crippen LogP contribution >= 0.6 is 0 Å². The monoisotopic (exact) mass is 263 g/mol. The molecule has 1 aromatic rings. The molecular weight excluding hydrogens is 234 g/mol. The minimum absolute atomic E-state index is 0.697. The number of hydrogen-bond donors (Lipinski definition) is 1. The van der Waals surface area contributed by atoms with E-state index in [0.717, 1.165) is 32.7 Å². The van der Waals surface area contributed by atoms with Gasteiger partial charge in [-0.1, -0.05) is 52.0 Å². The normalized spacial score (nSPS) is 11.5. The van der Waals surface area contributed by atoms with Crippen LogP contribution in [0.2, 0.25) is 0 Å². The van der Waals surface area contributed by atoms with E-state index in [1.54, 1.807) is 0 Å². The Morgan fingerprint density at radius 3 is 2.47 bits per heavy atom. The van der Waals surface area contributed by atoms with Gasteiger partial charge in [-0.15, -0.1) is 0 Å². The Balaban J connectivity index is 2.31. The second kappa shape index (κ2) is 9.11. The maximum absolute atomic E-state index is 5.71. The van der Waals surface area contributed by atoms with Crippen molar-refractivity contribution in [1.29, 1.82) is 0 Å². The molecule has 0 spiro atoms. The zero-order chi connectivity index (χ0) is 14.1. The number of ether oxygens (including phenoxy) is 1. The van der Waals surface area contributed by atoms with Gasteiger partial charge in [-0.3, -0.25) is 0 Å². The first kappa shape index (κ1) is 16.2. The van der Waals surface area contributed by atoms with E-state index in [1.165, 1.54) is 11.1 Å². The third-order valence-electron chi connectivity index (χ3n) is 2.98. The molecule has 19 heavy (non-hydrogen) atoms. The van der Waals surface area contributed by atoms with E-state index in [0.29, 0.717) is 11.8 Å². The van der Waals surface area contributed by atoms with Crippen LogP contribution in [0.1, 0.15) is 45.2 Å². The van der Waals surface area contributed by atoms with Gasteiger partial charge in [-0.05, 0) is 35.9 Å². The number of hydrogen-bond acceptors (Lipinski definition) is 2. The maximum Gasteiger partial charge on any atom is 0.0716 e. The van der Waals surface area contributed by atoms with Gasteiger partial charge < -0.3 is 10.1 Å². The van der Waals surface area contributed by atoms with Crippen molar-refractivity contribution < 1.29 is 4.74 Å². The third kappa shape index (κ3) is 8.02. The predicted octanol–water partition coefficient (Wildman–Crippen LogP) is 3.99. The number of rotatable bonds is 9. The van der Waals surface area contributed by atoms with Gasteiger partial charge in [0, 0.05) is 13.2 Å². The average Bonchev–Trinajstić information content (AvgIpc) is 2.34. The molecule has 0 radical (unpaired) electrons.